The fraction of sp³-hybridized carbons (Fsp3) is 0.500. The average Bonchev–Trinajstić information content (AvgIpc) is 2.19. The molecule has 2 rings (SSSR count). The van der Waals surface area contributed by atoms with Gasteiger partial charge in [-0.2, -0.15) is 0 Å². The van der Waals surface area contributed by atoms with Gasteiger partial charge in [0.15, 0.2) is 0 Å². The highest BCUT2D eigenvalue weighted by atomic mass is 35.5. The van der Waals surface area contributed by atoms with Crippen LogP contribution in [0.4, 0.5) is 0 Å². The normalized spacial score (nSPS) is 22.3. The Bertz CT molecular complexity index is 322. The van der Waals surface area contributed by atoms with Crippen molar-refractivity contribution in [3.8, 4) is 0 Å². The number of aromatic nitrogens is 1. The third-order valence-corrected chi connectivity index (χ3v) is 2.99. The first-order valence-corrected chi connectivity index (χ1v) is 5.57. The minimum Gasteiger partial charge on any atom is -0.309 e. The van der Waals surface area contributed by atoms with Crippen LogP contribution in [0.2, 0.25) is 10.0 Å². The van der Waals surface area contributed by atoms with Crippen LogP contribution < -0.4 is 5.32 Å². The van der Waals surface area contributed by atoms with Crippen LogP contribution in [-0.4, -0.2) is 11.5 Å². The Morgan fingerprint density at radius 2 is 2.21 bits per heavy atom. The molecule has 0 amide bonds. The molecule has 0 bridgehead atoms. The van der Waals surface area contributed by atoms with E-state index in [9.17, 15) is 0 Å². The maximum Gasteiger partial charge on any atom is 0.0760 e. The van der Waals surface area contributed by atoms with Crippen molar-refractivity contribution in [2.75, 3.05) is 6.54 Å². The van der Waals surface area contributed by atoms with Crippen LogP contribution in [0.15, 0.2) is 12.3 Å². The largest absolute Gasteiger partial charge is 0.309 e. The molecule has 1 saturated heterocycles. The number of rotatable bonds is 1. The van der Waals surface area contributed by atoms with E-state index >= 15 is 0 Å². The molecule has 76 valence electrons. The molecule has 0 spiro atoms. The Morgan fingerprint density at radius 1 is 1.36 bits per heavy atom. The van der Waals surface area contributed by atoms with E-state index in [1.807, 2.05) is 0 Å². The Balaban J connectivity index is 2.22. The van der Waals surface area contributed by atoms with Crippen LogP contribution >= 0.6 is 23.2 Å². The maximum absolute atomic E-state index is 6.08. The topological polar surface area (TPSA) is 24.9 Å². The quantitative estimate of drug-likeness (QED) is 0.802. The van der Waals surface area contributed by atoms with Crippen LogP contribution in [0.1, 0.15) is 31.0 Å². The van der Waals surface area contributed by atoms with Crippen molar-refractivity contribution < 1.29 is 0 Å². The molecular weight excluding hydrogens is 219 g/mol. The Labute approximate surface area is 93.6 Å². The van der Waals surface area contributed by atoms with Gasteiger partial charge in [-0.3, -0.25) is 4.98 Å². The van der Waals surface area contributed by atoms with Crippen LogP contribution in [0.25, 0.3) is 0 Å². The maximum atomic E-state index is 6.08. The molecule has 4 heteroatoms. The lowest BCUT2D eigenvalue weighted by molar-refractivity contribution is 0.405. The molecule has 2 nitrogen and oxygen atoms in total. The van der Waals surface area contributed by atoms with Crippen molar-refractivity contribution in [3.05, 3.63) is 28.0 Å². The van der Waals surface area contributed by atoms with Gasteiger partial charge in [0.1, 0.15) is 0 Å². The molecule has 1 atom stereocenters. The van der Waals surface area contributed by atoms with Crippen molar-refractivity contribution in [1.82, 2.24) is 10.3 Å². The van der Waals surface area contributed by atoms with Gasteiger partial charge in [0.05, 0.1) is 21.8 Å². The zero-order chi connectivity index (χ0) is 9.97. The minimum atomic E-state index is 0.300. The lowest BCUT2D eigenvalue weighted by Crippen LogP contribution is -2.27. The number of hydrogen-bond donors (Lipinski definition) is 1. The van der Waals surface area contributed by atoms with Gasteiger partial charge < -0.3 is 5.32 Å². The SMILES string of the molecule is Clc1cnc(C2CCCCN2)c(Cl)c1. The summed E-state index contributed by atoms with van der Waals surface area (Å²) in [6, 6.07) is 2.05. The predicted molar refractivity (Wildman–Crippen MR) is 58.9 cm³/mol. The van der Waals surface area contributed by atoms with E-state index < -0.39 is 0 Å². The van der Waals surface area contributed by atoms with E-state index in [2.05, 4.69) is 10.3 Å². The van der Waals surface area contributed by atoms with Crippen LogP contribution in [-0.2, 0) is 0 Å². The Morgan fingerprint density at radius 3 is 2.86 bits per heavy atom. The molecule has 1 aromatic heterocycles. The highest BCUT2D eigenvalue weighted by Crippen LogP contribution is 2.28. The summed E-state index contributed by atoms with van der Waals surface area (Å²) in [5, 5.41) is 4.66. The van der Waals surface area contributed by atoms with E-state index in [1.165, 1.54) is 12.8 Å². The van der Waals surface area contributed by atoms with Crippen molar-refractivity contribution in [1.29, 1.82) is 0 Å². The summed E-state index contributed by atoms with van der Waals surface area (Å²) in [6.45, 7) is 1.05. The van der Waals surface area contributed by atoms with Crippen LogP contribution in [0.3, 0.4) is 0 Å². The molecule has 1 aliphatic rings. The fourth-order valence-corrected chi connectivity index (χ4v) is 2.28. The van der Waals surface area contributed by atoms with E-state index in [-0.39, 0.29) is 0 Å². The van der Waals surface area contributed by atoms with Gasteiger partial charge in [-0.1, -0.05) is 29.6 Å². The summed E-state index contributed by atoms with van der Waals surface area (Å²) < 4.78 is 0. The zero-order valence-electron chi connectivity index (χ0n) is 7.76. The molecule has 0 saturated carbocycles. The number of hydrogen-bond acceptors (Lipinski definition) is 2. The average molecular weight is 231 g/mol. The van der Waals surface area contributed by atoms with Crippen LogP contribution in [0, 0.1) is 0 Å². The van der Waals surface area contributed by atoms with E-state index in [0.717, 1.165) is 18.7 Å². The first-order chi connectivity index (χ1) is 6.77. The monoisotopic (exact) mass is 230 g/mol. The first kappa shape index (κ1) is 10.2. The lowest BCUT2D eigenvalue weighted by Gasteiger charge is -2.23. The smallest absolute Gasteiger partial charge is 0.0760 e. The fourth-order valence-electron chi connectivity index (χ4n) is 1.77. The first-order valence-electron chi connectivity index (χ1n) is 4.81. The van der Waals surface area contributed by atoms with Gasteiger partial charge in [0.2, 0.25) is 0 Å². The summed E-state index contributed by atoms with van der Waals surface area (Å²) in [7, 11) is 0. The van der Waals surface area contributed by atoms with Crippen molar-refractivity contribution in [3.63, 3.8) is 0 Å². The summed E-state index contributed by atoms with van der Waals surface area (Å²) in [6.07, 6.45) is 5.23. The molecule has 14 heavy (non-hydrogen) atoms. The number of piperidine rings is 1. The highest BCUT2D eigenvalue weighted by Gasteiger charge is 2.18. The van der Waals surface area contributed by atoms with Crippen molar-refractivity contribution in [2.45, 2.75) is 25.3 Å². The second-order valence-corrected chi connectivity index (χ2v) is 4.37. The van der Waals surface area contributed by atoms with Gasteiger partial charge in [-0.15, -0.1) is 0 Å². The number of nitrogens with zero attached hydrogens (tertiary/aromatic N) is 1. The number of halogens is 2. The van der Waals surface area contributed by atoms with Gasteiger partial charge in [-0.05, 0) is 25.5 Å². The molecule has 2 heterocycles. The van der Waals surface area contributed by atoms with E-state index in [4.69, 9.17) is 23.2 Å². The molecule has 1 fully saturated rings. The van der Waals surface area contributed by atoms with E-state index in [0.29, 0.717) is 16.1 Å². The van der Waals surface area contributed by atoms with Gasteiger partial charge >= 0.3 is 0 Å². The summed E-state index contributed by atoms with van der Waals surface area (Å²) in [5.74, 6) is 0. The van der Waals surface area contributed by atoms with E-state index in [1.54, 1.807) is 12.3 Å². The molecule has 1 aromatic rings. The number of pyridine rings is 1. The molecule has 0 aliphatic carbocycles. The Kier molecular flexibility index (Phi) is 3.26. The molecule has 1 N–H and O–H groups in total. The van der Waals surface area contributed by atoms with Crippen LogP contribution in [0.5, 0.6) is 0 Å². The van der Waals surface area contributed by atoms with Gasteiger partial charge in [0, 0.05) is 6.20 Å². The molecule has 0 radical (unpaired) electrons. The standard InChI is InChI=1S/C10H12Cl2N2/c11-7-5-8(12)10(14-6-7)9-3-1-2-4-13-9/h5-6,9,13H,1-4H2. The lowest BCUT2D eigenvalue weighted by atomic mass is 10.0. The second kappa shape index (κ2) is 4.47. The Hall–Kier alpha value is -0.310. The summed E-state index contributed by atoms with van der Waals surface area (Å²) >= 11 is 11.9. The molecule has 1 aliphatic heterocycles. The summed E-state index contributed by atoms with van der Waals surface area (Å²) in [5.41, 5.74) is 0.927. The molecule has 1 unspecified atom stereocenters. The molecular formula is C10H12Cl2N2. The third kappa shape index (κ3) is 2.19. The number of nitrogens with one attached hydrogen (secondary N) is 1. The van der Waals surface area contributed by atoms with Crippen molar-refractivity contribution >= 4 is 23.2 Å². The predicted octanol–water partition coefficient (Wildman–Crippen LogP) is 3.20. The minimum absolute atomic E-state index is 0.300. The molecule has 0 aromatic carbocycles. The zero-order valence-corrected chi connectivity index (χ0v) is 9.28. The highest BCUT2D eigenvalue weighted by molar-refractivity contribution is 6.34. The van der Waals surface area contributed by atoms with Gasteiger partial charge in [0.25, 0.3) is 0 Å². The third-order valence-electron chi connectivity index (χ3n) is 2.48. The second-order valence-electron chi connectivity index (χ2n) is 3.52. The summed E-state index contributed by atoms with van der Waals surface area (Å²) in [4.78, 5) is 4.28. The van der Waals surface area contributed by atoms with Gasteiger partial charge in [-0.25, -0.2) is 0 Å². The van der Waals surface area contributed by atoms with Crippen molar-refractivity contribution in [2.24, 2.45) is 0 Å².